The molecule has 1 aliphatic rings. The number of anilines is 1. The molecule has 1 N–H and O–H groups in total. The number of hydrogen-bond donors (Lipinski definition) is 1. The number of hydrogen-bond acceptors (Lipinski definition) is 4. The molecule has 2 aromatic rings. The summed E-state index contributed by atoms with van der Waals surface area (Å²) in [4.78, 5) is 20.5. The quantitative estimate of drug-likeness (QED) is 0.919. The fraction of sp³-hybridized carbons (Fsp3) is 0.412. The van der Waals surface area contributed by atoms with E-state index >= 15 is 0 Å². The van der Waals surface area contributed by atoms with Crippen LogP contribution in [0.3, 0.4) is 0 Å². The van der Waals surface area contributed by atoms with Crippen LogP contribution in [-0.4, -0.2) is 57.7 Å². The zero-order valence-electron chi connectivity index (χ0n) is 13.5. The van der Waals surface area contributed by atoms with Gasteiger partial charge in [0, 0.05) is 39.6 Å². The number of β-amino-alcohol motifs (C(OH)–C–C–N with tert-alkyl or cyclic N) is 1. The van der Waals surface area contributed by atoms with E-state index in [2.05, 4.69) is 9.88 Å². The van der Waals surface area contributed by atoms with Gasteiger partial charge in [-0.05, 0) is 30.7 Å². The van der Waals surface area contributed by atoms with Crippen LogP contribution in [0.25, 0.3) is 0 Å². The van der Waals surface area contributed by atoms with Gasteiger partial charge < -0.3 is 19.5 Å². The van der Waals surface area contributed by atoms with Crippen molar-refractivity contribution >= 4 is 11.7 Å². The number of rotatable bonds is 4. The van der Waals surface area contributed by atoms with Crippen molar-refractivity contribution in [3.05, 3.63) is 48.4 Å². The zero-order valence-corrected chi connectivity index (χ0v) is 13.5. The largest absolute Gasteiger partial charge is 0.386 e. The molecule has 1 saturated heterocycles. The first-order valence-corrected chi connectivity index (χ1v) is 7.74. The van der Waals surface area contributed by atoms with E-state index in [4.69, 9.17) is 0 Å². The van der Waals surface area contributed by atoms with Crippen LogP contribution in [0.2, 0.25) is 0 Å². The molecule has 0 unspecified atom stereocenters. The Morgan fingerprint density at radius 1 is 1.39 bits per heavy atom. The van der Waals surface area contributed by atoms with Crippen LogP contribution in [0.1, 0.15) is 16.9 Å². The van der Waals surface area contributed by atoms with Crippen molar-refractivity contribution in [2.45, 2.75) is 12.0 Å². The lowest BCUT2D eigenvalue weighted by molar-refractivity contribution is 0.0260. The molecule has 0 radical (unpaired) electrons. The normalized spacial score (nSPS) is 20.7. The molecule has 2 aromatic heterocycles. The van der Waals surface area contributed by atoms with E-state index in [1.807, 2.05) is 37.5 Å². The van der Waals surface area contributed by atoms with E-state index < -0.39 is 5.60 Å². The van der Waals surface area contributed by atoms with Crippen LogP contribution in [0, 0.1) is 0 Å². The van der Waals surface area contributed by atoms with Gasteiger partial charge in [0.15, 0.2) is 0 Å². The van der Waals surface area contributed by atoms with Crippen molar-refractivity contribution in [3.63, 3.8) is 0 Å². The molecule has 0 bridgehead atoms. The Labute approximate surface area is 136 Å². The average Bonchev–Trinajstić information content (AvgIpc) is 3.13. The van der Waals surface area contributed by atoms with Crippen molar-refractivity contribution in [1.29, 1.82) is 0 Å². The van der Waals surface area contributed by atoms with E-state index in [0.29, 0.717) is 25.2 Å². The Morgan fingerprint density at radius 2 is 2.22 bits per heavy atom. The van der Waals surface area contributed by atoms with Gasteiger partial charge in [-0.15, -0.1) is 0 Å². The van der Waals surface area contributed by atoms with E-state index in [1.165, 1.54) is 0 Å². The molecule has 23 heavy (non-hydrogen) atoms. The number of amides is 1. The minimum absolute atomic E-state index is 0.0813. The first kappa shape index (κ1) is 15.6. The maximum atomic E-state index is 12.5. The monoisotopic (exact) mass is 314 g/mol. The number of carbonyl (C=O) groups is 1. The van der Waals surface area contributed by atoms with Crippen LogP contribution >= 0.6 is 0 Å². The Bertz CT molecular complexity index is 685. The number of aliphatic hydroxyl groups is 1. The highest BCUT2D eigenvalue weighted by atomic mass is 16.3. The molecule has 3 heterocycles. The fourth-order valence-corrected chi connectivity index (χ4v) is 3.11. The molecule has 0 aromatic carbocycles. The van der Waals surface area contributed by atoms with E-state index in [1.54, 1.807) is 28.8 Å². The molecule has 6 nitrogen and oxygen atoms in total. The Hall–Kier alpha value is -2.34. The van der Waals surface area contributed by atoms with E-state index in [-0.39, 0.29) is 5.91 Å². The fourth-order valence-electron chi connectivity index (χ4n) is 3.11. The van der Waals surface area contributed by atoms with Crippen molar-refractivity contribution < 1.29 is 9.90 Å². The third-order valence-corrected chi connectivity index (χ3v) is 4.35. The molecule has 6 heteroatoms. The molecule has 1 aliphatic heterocycles. The van der Waals surface area contributed by atoms with Crippen LogP contribution in [0.5, 0.6) is 0 Å². The number of likely N-dealkylation sites (N-methyl/N-ethyl adjacent to an activating group) is 1. The highest BCUT2D eigenvalue weighted by molar-refractivity contribution is 5.92. The molecule has 3 rings (SSSR count). The number of pyridine rings is 1. The molecular weight excluding hydrogens is 292 g/mol. The van der Waals surface area contributed by atoms with Gasteiger partial charge in [-0.2, -0.15) is 0 Å². The summed E-state index contributed by atoms with van der Waals surface area (Å²) < 4.78 is 1.79. The third kappa shape index (κ3) is 3.22. The summed E-state index contributed by atoms with van der Waals surface area (Å²) in [5, 5.41) is 10.8. The summed E-state index contributed by atoms with van der Waals surface area (Å²) in [5.41, 5.74) is -0.289. The lowest BCUT2D eigenvalue weighted by atomic mass is 10.0. The van der Waals surface area contributed by atoms with Gasteiger partial charge in [0.05, 0.1) is 6.54 Å². The lowest BCUT2D eigenvalue weighted by Crippen LogP contribution is -2.46. The van der Waals surface area contributed by atoms with Crippen molar-refractivity contribution in [1.82, 2.24) is 14.5 Å². The SMILES string of the molecule is CN(C[C@@]1(O)CCN(c2ccccn2)C1)C(=O)c1cccn1C. The van der Waals surface area contributed by atoms with E-state index in [9.17, 15) is 9.90 Å². The van der Waals surface area contributed by atoms with Crippen LogP contribution in [0.15, 0.2) is 42.7 Å². The van der Waals surface area contributed by atoms with Gasteiger partial charge in [0.25, 0.3) is 5.91 Å². The minimum atomic E-state index is -0.910. The molecule has 1 atom stereocenters. The molecule has 0 aliphatic carbocycles. The second-order valence-corrected chi connectivity index (χ2v) is 6.25. The standard InChI is InChI=1S/C17H22N4O2/c1-19-10-5-6-14(19)16(22)20(2)12-17(23)8-11-21(13-17)15-7-3-4-9-18-15/h3-7,9-10,23H,8,11-13H2,1-2H3/t17-/m0/s1. The number of nitrogens with zero attached hydrogens (tertiary/aromatic N) is 4. The lowest BCUT2D eigenvalue weighted by Gasteiger charge is -2.29. The van der Waals surface area contributed by atoms with Gasteiger partial charge in [-0.3, -0.25) is 4.79 Å². The highest BCUT2D eigenvalue weighted by Gasteiger charge is 2.38. The van der Waals surface area contributed by atoms with Gasteiger partial charge in [-0.1, -0.05) is 6.07 Å². The number of aromatic nitrogens is 2. The third-order valence-electron chi connectivity index (χ3n) is 4.35. The van der Waals surface area contributed by atoms with Crippen molar-refractivity contribution in [2.24, 2.45) is 7.05 Å². The van der Waals surface area contributed by atoms with E-state index in [0.717, 1.165) is 12.4 Å². The smallest absolute Gasteiger partial charge is 0.270 e. The summed E-state index contributed by atoms with van der Waals surface area (Å²) in [5.74, 6) is 0.780. The van der Waals surface area contributed by atoms with Gasteiger partial charge in [0.2, 0.25) is 0 Å². The van der Waals surface area contributed by atoms with Gasteiger partial charge in [-0.25, -0.2) is 4.98 Å². The summed E-state index contributed by atoms with van der Waals surface area (Å²) in [6, 6.07) is 9.37. The Balaban J connectivity index is 1.66. The predicted octanol–water partition coefficient (Wildman–Crippen LogP) is 1.13. The molecule has 0 spiro atoms. The molecule has 1 fully saturated rings. The highest BCUT2D eigenvalue weighted by Crippen LogP contribution is 2.26. The molecule has 1 amide bonds. The average molecular weight is 314 g/mol. The van der Waals surface area contributed by atoms with Crippen LogP contribution in [0.4, 0.5) is 5.82 Å². The second-order valence-electron chi connectivity index (χ2n) is 6.25. The summed E-state index contributed by atoms with van der Waals surface area (Å²) in [7, 11) is 3.57. The molecular formula is C17H22N4O2. The Morgan fingerprint density at radius 3 is 2.87 bits per heavy atom. The van der Waals surface area contributed by atoms with Crippen molar-refractivity contribution in [3.8, 4) is 0 Å². The topological polar surface area (TPSA) is 61.6 Å². The minimum Gasteiger partial charge on any atom is -0.386 e. The maximum absolute atomic E-state index is 12.5. The molecule has 122 valence electrons. The van der Waals surface area contributed by atoms with Gasteiger partial charge >= 0.3 is 0 Å². The van der Waals surface area contributed by atoms with Gasteiger partial charge in [0.1, 0.15) is 17.1 Å². The number of carbonyl (C=O) groups excluding carboxylic acids is 1. The maximum Gasteiger partial charge on any atom is 0.270 e. The number of aryl methyl sites for hydroxylation is 1. The van der Waals surface area contributed by atoms with Crippen LogP contribution in [-0.2, 0) is 7.05 Å². The first-order chi connectivity index (χ1) is 11.0. The van der Waals surface area contributed by atoms with Crippen LogP contribution < -0.4 is 4.90 Å². The predicted molar refractivity (Wildman–Crippen MR) is 88.4 cm³/mol. The zero-order chi connectivity index (χ0) is 16.4. The Kier molecular flexibility index (Phi) is 4.09. The van der Waals surface area contributed by atoms with Crippen molar-refractivity contribution in [2.75, 3.05) is 31.6 Å². The molecule has 0 saturated carbocycles. The summed E-state index contributed by atoms with van der Waals surface area (Å²) >= 11 is 0. The summed E-state index contributed by atoms with van der Waals surface area (Å²) in [6.45, 7) is 1.52. The second kappa shape index (κ2) is 6.04. The first-order valence-electron chi connectivity index (χ1n) is 7.74. The summed E-state index contributed by atoms with van der Waals surface area (Å²) in [6.07, 6.45) is 4.21.